The van der Waals surface area contributed by atoms with E-state index in [1.807, 2.05) is 14.1 Å². The summed E-state index contributed by atoms with van der Waals surface area (Å²) >= 11 is 5.90. The van der Waals surface area contributed by atoms with Gasteiger partial charge in [-0.25, -0.2) is 13.1 Å². The fourth-order valence-corrected chi connectivity index (χ4v) is 3.73. The fourth-order valence-electron chi connectivity index (χ4n) is 2.16. The van der Waals surface area contributed by atoms with Crippen molar-refractivity contribution in [2.45, 2.75) is 10.9 Å². The van der Waals surface area contributed by atoms with Gasteiger partial charge in [0.25, 0.3) is 5.69 Å². The van der Waals surface area contributed by atoms with Gasteiger partial charge in [0, 0.05) is 12.1 Å². The van der Waals surface area contributed by atoms with Gasteiger partial charge >= 0.3 is 0 Å². The zero-order chi connectivity index (χ0) is 17.9. The average molecular weight is 375 g/mol. The molecule has 0 saturated heterocycles. The topological polar surface area (TPSA) is 107 Å². The van der Waals surface area contributed by atoms with Crippen LogP contribution in [-0.2, 0) is 10.0 Å². The van der Waals surface area contributed by atoms with Crippen molar-refractivity contribution < 1.29 is 22.7 Å². The second kappa shape index (κ2) is 7.31. The first-order valence-corrected chi connectivity index (χ1v) is 8.85. The zero-order valence-electron chi connectivity index (χ0n) is 13.0. The molecular formula is C14H17ClN3O5S+. The molecule has 2 aromatic rings. The summed E-state index contributed by atoms with van der Waals surface area (Å²) in [7, 11) is -0.282. The van der Waals surface area contributed by atoms with E-state index in [1.165, 1.54) is 12.3 Å². The van der Waals surface area contributed by atoms with Crippen LogP contribution in [0.4, 0.5) is 5.69 Å². The number of sulfonamides is 1. The molecule has 1 atom stereocenters. The SMILES string of the molecule is C[NH+](C)[C@@H](CNS(=O)(=O)c1cc([N+](=O)[O-])ccc1Cl)c1ccco1. The Balaban J connectivity index is 2.25. The second-order valence-electron chi connectivity index (χ2n) is 5.37. The van der Waals surface area contributed by atoms with Crippen LogP contribution in [0.25, 0.3) is 0 Å². The van der Waals surface area contributed by atoms with Crippen molar-refractivity contribution in [2.75, 3.05) is 20.6 Å². The lowest BCUT2D eigenvalue weighted by Gasteiger charge is -2.20. The van der Waals surface area contributed by atoms with Crippen LogP contribution in [0.3, 0.4) is 0 Å². The number of likely N-dealkylation sites (N-methyl/N-ethyl adjacent to an activating group) is 1. The van der Waals surface area contributed by atoms with Crippen LogP contribution < -0.4 is 9.62 Å². The van der Waals surface area contributed by atoms with Crippen LogP contribution >= 0.6 is 11.6 Å². The van der Waals surface area contributed by atoms with Crippen LogP contribution in [0, 0.1) is 10.1 Å². The van der Waals surface area contributed by atoms with Crippen LogP contribution in [0.2, 0.25) is 5.02 Å². The van der Waals surface area contributed by atoms with E-state index in [2.05, 4.69) is 4.72 Å². The van der Waals surface area contributed by atoms with Crippen LogP contribution in [0.1, 0.15) is 11.8 Å². The molecular weight excluding hydrogens is 358 g/mol. The highest BCUT2D eigenvalue weighted by Gasteiger charge is 2.26. The second-order valence-corrected chi connectivity index (χ2v) is 7.51. The standard InChI is InChI=1S/C14H16ClN3O5S/c1-17(2)12(13-4-3-7-23-13)9-16-24(21,22)14-8-10(18(19)20)5-6-11(14)15/h3-8,12,16H,9H2,1-2H3/p+1/t12-/m0/s1. The number of nitrogens with one attached hydrogen (secondary N) is 2. The van der Waals surface area contributed by atoms with Gasteiger partial charge in [-0.2, -0.15) is 0 Å². The smallest absolute Gasteiger partial charge is 0.270 e. The molecule has 0 fully saturated rings. The first-order chi connectivity index (χ1) is 11.2. The Kier molecular flexibility index (Phi) is 5.60. The van der Waals surface area contributed by atoms with Gasteiger partial charge < -0.3 is 9.32 Å². The number of rotatable bonds is 7. The number of halogens is 1. The highest BCUT2D eigenvalue weighted by atomic mass is 35.5. The number of nitro groups is 1. The van der Waals surface area contributed by atoms with E-state index in [1.54, 1.807) is 12.1 Å². The van der Waals surface area contributed by atoms with E-state index in [-0.39, 0.29) is 28.2 Å². The molecule has 24 heavy (non-hydrogen) atoms. The molecule has 0 amide bonds. The predicted octanol–water partition coefficient (Wildman–Crippen LogP) is 1.01. The summed E-state index contributed by atoms with van der Waals surface area (Å²) in [5, 5.41) is 10.8. The lowest BCUT2D eigenvalue weighted by atomic mass is 10.2. The maximum atomic E-state index is 12.5. The van der Waals surface area contributed by atoms with E-state index in [9.17, 15) is 18.5 Å². The van der Waals surface area contributed by atoms with E-state index in [4.69, 9.17) is 16.0 Å². The molecule has 0 aliphatic rings. The molecule has 0 radical (unpaired) electrons. The average Bonchev–Trinajstić information content (AvgIpc) is 3.01. The van der Waals surface area contributed by atoms with Gasteiger partial charge in [-0.1, -0.05) is 11.6 Å². The molecule has 0 spiro atoms. The van der Waals surface area contributed by atoms with Crippen LogP contribution in [-0.4, -0.2) is 34.0 Å². The lowest BCUT2D eigenvalue weighted by Crippen LogP contribution is -3.07. The molecule has 1 aromatic heterocycles. The monoisotopic (exact) mass is 374 g/mol. The van der Waals surface area contributed by atoms with Crippen molar-refractivity contribution >= 4 is 27.3 Å². The van der Waals surface area contributed by atoms with E-state index >= 15 is 0 Å². The first kappa shape index (κ1) is 18.4. The largest absolute Gasteiger partial charge is 0.463 e. The summed E-state index contributed by atoms with van der Waals surface area (Å²) in [6.07, 6.45) is 1.51. The molecule has 0 aliphatic carbocycles. The van der Waals surface area contributed by atoms with Crippen molar-refractivity contribution in [1.29, 1.82) is 0 Å². The third-order valence-corrected chi connectivity index (χ3v) is 5.38. The van der Waals surface area contributed by atoms with Gasteiger partial charge in [0.1, 0.15) is 4.90 Å². The molecule has 0 aliphatic heterocycles. The van der Waals surface area contributed by atoms with Crippen LogP contribution in [0.5, 0.6) is 0 Å². The molecule has 0 bridgehead atoms. The summed E-state index contributed by atoms with van der Waals surface area (Å²) in [5.74, 6) is 0.628. The molecule has 0 unspecified atom stereocenters. The normalized spacial score (nSPS) is 13.2. The Labute approximate surface area is 144 Å². The summed E-state index contributed by atoms with van der Waals surface area (Å²) in [4.78, 5) is 10.8. The Morgan fingerprint density at radius 3 is 2.62 bits per heavy atom. The molecule has 1 aromatic carbocycles. The molecule has 2 N–H and O–H groups in total. The summed E-state index contributed by atoms with van der Waals surface area (Å²) in [5.41, 5.74) is -0.347. The molecule has 130 valence electrons. The third kappa shape index (κ3) is 4.12. The van der Waals surface area contributed by atoms with Gasteiger partial charge in [-0.3, -0.25) is 10.1 Å². The maximum Gasteiger partial charge on any atom is 0.270 e. The van der Waals surface area contributed by atoms with Crippen molar-refractivity contribution in [2.24, 2.45) is 0 Å². The first-order valence-electron chi connectivity index (χ1n) is 6.99. The minimum Gasteiger partial charge on any atom is -0.463 e. The van der Waals surface area contributed by atoms with E-state index in [0.29, 0.717) is 5.76 Å². The highest BCUT2D eigenvalue weighted by molar-refractivity contribution is 7.89. The molecule has 0 saturated carbocycles. The third-order valence-electron chi connectivity index (χ3n) is 3.48. The number of benzene rings is 1. The lowest BCUT2D eigenvalue weighted by molar-refractivity contribution is -0.891. The Morgan fingerprint density at radius 1 is 1.38 bits per heavy atom. The summed E-state index contributed by atoms with van der Waals surface area (Å²) in [6, 6.07) is 6.50. The van der Waals surface area contributed by atoms with Crippen molar-refractivity contribution in [3.8, 4) is 0 Å². The molecule has 1 heterocycles. The minimum atomic E-state index is -4.01. The van der Waals surface area contributed by atoms with Crippen molar-refractivity contribution in [3.05, 3.63) is 57.5 Å². The highest BCUT2D eigenvalue weighted by Crippen LogP contribution is 2.26. The number of hydrogen-bond donors (Lipinski definition) is 2. The number of nitrogens with zero attached hydrogens (tertiary/aromatic N) is 1. The number of nitro benzene ring substituents is 1. The van der Waals surface area contributed by atoms with Crippen molar-refractivity contribution in [3.63, 3.8) is 0 Å². The number of hydrogen-bond acceptors (Lipinski definition) is 5. The number of quaternary nitrogens is 1. The predicted molar refractivity (Wildman–Crippen MR) is 87.6 cm³/mol. The molecule has 8 nitrogen and oxygen atoms in total. The zero-order valence-corrected chi connectivity index (χ0v) is 14.6. The van der Waals surface area contributed by atoms with E-state index in [0.717, 1.165) is 17.0 Å². The summed E-state index contributed by atoms with van der Waals surface area (Å²) < 4.78 is 32.7. The fraction of sp³-hybridized carbons (Fsp3) is 0.286. The van der Waals surface area contributed by atoms with Crippen LogP contribution in [0.15, 0.2) is 45.9 Å². The van der Waals surface area contributed by atoms with Gasteiger partial charge in [0.15, 0.2) is 11.8 Å². The number of furan rings is 1. The quantitative estimate of drug-likeness (QED) is 0.555. The maximum absolute atomic E-state index is 12.5. The molecule has 2 rings (SSSR count). The van der Waals surface area contributed by atoms with E-state index < -0.39 is 14.9 Å². The Morgan fingerprint density at radius 2 is 2.08 bits per heavy atom. The van der Waals surface area contributed by atoms with Gasteiger partial charge in [-0.05, 0) is 18.2 Å². The van der Waals surface area contributed by atoms with Gasteiger partial charge in [-0.15, -0.1) is 0 Å². The van der Waals surface area contributed by atoms with Crippen molar-refractivity contribution in [1.82, 2.24) is 4.72 Å². The van der Waals surface area contributed by atoms with Gasteiger partial charge in [0.05, 0.1) is 36.8 Å². The summed E-state index contributed by atoms with van der Waals surface area (Å²) in [6.45, 7) is 0.0528. The Bertz CT molecular complexity index is 821. The molecule has 10 heteroatoms. The minimum absolute atomic E-state index is 0.0528. The Hall–Kier alpha value is -1.94. The number of non-ortho nitro benzene ring substituents is 1. The van der Waals surface area contributed by atoms with Gasteiger partial charge in [0.2, 0.25) is 10.0 Å².